The van der Waals surface area contributed by atoms with Gasteiger partial charge < -0.3 is 5.32 Å². The predicted octanol–water partition coefficient (Wildman–Crippen LogP) is 3.65. The zero-order chi connectivity index (χ0) is 12.9. The van der Waals surface area contributed by atoms with Crippen molar-refractivity contribution in [2.45, 2.75) is 26.1 Å². The fourth-order valence-electron chi connectivity index (χ4n) is 1.26. The second-order valence-corrected chi connectivity index (χ2v) is 4.93. The minimum Gasteiger partial charge on any atom is -0.367 e. The summed E-state index contributed by atoms with van der Waals surface area (Å²) in [4.78, 5) is 3.55. The monoisotopic (exact) mass is 264 g/mol. The van der Waals surface area contributed by atoms with Gasteiger partial charge in [-0.05, 0) is 24.8 Å². The molecule has 0 radical (unpaired) electrons. The highest BCUT2D eigenvalue weighted by molar-refractivity contribution is 7.99. The van der Waals surface area contributed by atoms with Crippen molar-refractivity contribution in [3.8, 4) is 0 Å². The van der Waals surface area contributed by atoms with E-state index in [4.69, 9.17) is 0 Å². The smallest absolute Gasteiger partial charge is 0.367 e. The summed E-state index contributed by atoms with van der Waals surface area (Å²) in [7, 11) is 0. The molecule has 0 spiro atoms. The lowest BCUT2D eigenvalue weighted by molar-refractivity contribution is -0.141. The molecule has 0 aliphatic heterocycles. The van der Waals surface area contributed by atoms with Crippen LogP contribution in [0.4, 0.5) is 19.0 Å². The van der Waals surface area contributed by atoms with Gasteiger partial charge in [-0.25, -0.2) is 4.98 Å². The largest absolute Gasteiger partial charge is 0.433 e. The van der Waals surface area contributed by atoms with Crippen LogP contribution in [0.2, 0.25) is 0 Å². The maximum atomic E-state index is 12.4. The lowest BCUT2D eigenvalue weighted by Crippen LogP contribution is -2.20. The number of nitrogens with one attached hydrogen (secondary N) is 1. The van der Waals surface area contributed by atoms with Gasteiger partial charge in [0, 0.05) is 11.8 Å². The van der Waals surface area contributed by atoms with Crippen LogP contribution in [0.5, 0.6) is 0 Å². The minimum absolute atomic E-state index is 0.0935. The van der Waals surface area contributed by atoms with Crippen molar-refractivity contribution in [1.29, 1.82) is 0 Å². The molecule has 1 unspecified atom stereocenters. The molecule has 1 rings (SSSR count). The van der Waals surface area contributed by atoms with Crippen LogP contribution in [-0.2, 0) is 6.18 Å². The average Bonchev–Trinajstić information content (AvgIpc) is 2.25. The van der Waals surface area contributed by atoms with E-state index in [0.29, 0.717) is 0 Å². The quantitative estimate of drug-likeness (QED) is 0.878. The molecule has 0 aliphatic carbocycles. The van der Waals surface area contributed by atoms with Crippen LogP contribution < -0.4 is 5.32 Å². The van der Waals surface area contributed by atoms with Crippen LogP contribution in [0.15, 0.2) is 18.2 Å². The Hall–Kier alpha value is -0.910. The van der Waals surface area contributed by atoms with Crippen LogP contribution in [0.3, 0.4) is 0 Å². The molecule has 0 aromatic carbocycles. The number of rotatable bonds is 5. The van der Waals surface area contributed by atoms with E-state index in [1.807, 2.05) is 13.8 Å². The number of pyridine rings is 1. The molecule has 1 atom stereocenters. The van der Waals surface area contributed by atoms with Gasteiger partial charge in [-0.2, -0.15) is 24.9 Å². The van der Waals surface area contributed by atoms with E-state index in [0.717, 1.165) is 17.6 Å². The van der Waals surface area contributed by atoms with E-state index >= 15 is 0 Å². The van der Waals surface area contributed by atoms with Crippen LogP contribution in [-0.4, -0.2) is 22.5 Å². The van der Waals surface area contributed by atoms with Gasteiger partial charge in [-0.3, -0.25) is 0 Å². The summed E-state index contributed by atoms with van der Waals surface area (Å²) in [6, 6.07) is 3.97. The third-order valence-electron chi connectivity index (χ3n) is 2.01. The maximum absolute atomic E-state index is 12.4. The van der Waals surface area contributed by atoms with Crippen molar-refractivity contribution in [2.75, 3.05) is 16.8 Å². The molecule has 0 fully saturated rings. The summed E-state index contributed by atoms with van der Waals surface area (Å²) in [5.74, 6) is 2.10. The van der Waals surface area contributed by atoms with E-state index in [2.05, 4.69) is 10.3 Å². The highest BCUT2D eigenvalue weighted by Gasteiger charge is 2.32. The number of halogens is 3. The van der Waals surface area contributed by atoms with E-state index in [1.54, 1.807) is 17.8 Å². The summed E-state index contributed by atoms with van der Waals surface area (Å²) < 4.78 is 37.2. The highest BCUT2D eigenvalue weighted by Crippen LogP contribution is 2.28. The number of anilines is 1. The molecule has 2 nitrogen and oxygen atoms in total. The number of hydrogen-bond acceptors (Lipinski definition) is 3. The SMILES string of the molecule is CCSCC(C)Nc1cccc(C(F)(F)F)n1. The molecule has 96 valence electrons. The first-order valence-electron chi connectivity index (χ1n) is 5.32. The molecular formula is C11H15F3N2S. The van der Waals surface area contributed by atoms with E-state index < -0.39 is 11.9 Å². The second-order valence-electron chi connectivity index (χ2n) is 3.61. The van der Waals surface area contributed by atoms with Crippen molar-refractivity contribution in [3.05, 3.63) is 23.9 Å². The van der Waals surface area contributed by atoms with Crippen molar-refractivity contribution in [2.24, 2.45) is 0 Å². The Bertz CT molecular complexity index is 355. The van der Waals surface area contributed by atoms with Gasteiger partial charge in [0.2, 0.25) is 0 Å². The molecule has 0 saturated carbocycles. The fourth-order valence-corrected chi connectivity index (χ4v) is 1.93. The Labute approximate surface area is 103 Å². The molecule has 1 N–H and O–H groups in total. The molecule has 0 bridgehead atoms. The Morgan fingerprint density at radius 2 is 2.12 bits per heavy atom. The Kier molecular flexibility index (Phi) is 5.11. The van der Waals surface area contributed by atoms with Gasteiger partial charge in [0.05, 0.1) is 0 Å². The summed E-state index contributed by atoms with van der Waals surface area (Å²) in [5.41, 5.74) is -0.863. The zero-order valence-corrected chi connectivity index (χ0v) is 10.5. The van der Waals surface area contributed by atoms with Crippen LogP contribution in [0, 0.1) is 0 Å². The van der Waals surface area contributed by atoms with Crippen LogP contribution in [0.1, 0.15) is 19.5 Å². The third kappa shape index (κ3) is 4.85. The van der Waals surface area contributed by atoms with E-state index in [9.17, 15) is 13.2 Å². The molecule has 6 heteroatoms. The molecule has 1 aromatic rings. The average molecular weight is 264 g/mol. The Morgan fingerprint density at radius 3 is 2.71 bits per heavy atom. The summed E-state index contributed by atoms with van der Waals surface area (Å²) in [6.45, 7) is 3.96. The second kappa shape index (κ2) is 6.14. The van der Waals surface area contributed by atoms with Gasteiger partial charge >= 0.3 is 6.18 Å². The predicted molar refractivity (Wildman–Crippen MR) is 65.3 cm³/mol. The number of aromatic nitrogens is 1. The first-order valence-corrected chi connectivity index (χ1v) is 6.47. The van der Waals surface area contributed by atoms with Crippen molar-refractivity contribution in [1.82, 2.24) is 4.98 Å². The molecular weight excluding hydrogens is 249 g/mol. The van der Waals surface area contributed by atoms with Crippen molar-refractivity contribution in [3.63, 3.8) is 0 Å². The molecule has 0 aliphatic rings. The van der Waals surface area contributed by atoms with Gasteiger partial charge in [0.25, 0.3) is 0 Å². The topological polar surface area (TPSA) is 24.9 Å². The standard InChI is InChI=1S/C11H15F3N2S/c1-3-17-7-8(2)15-10-6-4-5-9(16-10)11(12,13)14/h4-6,8H,3,7H2,1-2H3,(H,15,16). The third-order valence-corrected chi connectivity index (χ3v) is 3.15. The number of thioether (sulfide) groups is 1. The lowest BCUT2D eigenvalue weighted by Gasteiger charge is -2.15. The Balaban J connectivity index is 2.66. The van der Waals surface area contributed by atoms with Crippen LogP contribution >= 0.6 is 11.8 Å². The maximum Gasteiger partial charge on any atom is 0.433 e. The highest BCUT2D eigenvalue weighted by atomic mass is 32.2. The zero-order valence-electron chi connectivity index (χ0n) is 9.71. The van der Waals surface area contributed by atoms with Gasteiger partial charge in [-0.15, -0.1) is 0 Å². The van der Waals surface area contributed by atoms with E-state index in [-0.39, 0.29) is 11.9 Å². The fraction of sp³-hybridized carbons (Fsp3) is 0.545. The van der Waals surface area contributed by atoms with Gasteiger partial charge in [-0.1, -0.05) is 13.0 Å². The summed E-state index contributed by atoms with van der Waals surface area (Å²) in [6.07, 6.45) is -4.39. The molecule has 0 amide bonds. The number of hydrogen-bond donors (Lipinski definition) is 1. The first kappa shape index (κ1) is 14.2. The summed E-state index contributed by atoms with van der Waals surface area (Å²) >= 11 is 1.73. The minimum atomic E-state index is -4.39. The molecule has 17 heavy (non-hydrogen) atoms. The molecule has 1 heterocycles. The van der Waals surface area contributed by atoms with Gasteiger partial charge in [0.1, 0.15) is 11.5 Å². The number of nitrogens with zero attached hydrogens (tertiary/aromatic N) is 1. The molecule has 1 aromatic heterocycles. The number of alkyl halides is 3. The van der Waals surface area contributed by atoms with E-state index in [1.165, 1.54) is 6.07 Å². The first-order chi connectivity index (χ1) is 7.93. The van der Waals surface area contributed by atoms with Crippen LogP contribution in [0.25, 0.3) is 0 Å². The lowest BCUT2D eigenvalue weighted by atomic mass is 10.3. The van der Waals surface area contributed by atoms with Crippen molar-refractivity contribution < 1.29 is 13.2 Å². The normalized spacial score (nSPS) is 13.5. The summed E-state index contributed by atoms with van der Waals surface area (Å²) in [5, 5.41) is 2.96. The Morgan fingerprint density at radius 1 is 1.41 bits per heavy atom. The van der Waals surface area contributed by atoms with Gasteiger partial charge in [0.15, 0.2) is 0 Å². The van der Waals surface area contributed by atoms with Crippen molar-refractivity contribution >= 4 is 17.6 Å². The molecule has 0 saturated heterocycles.